The number of rotatable bonds is 3. The van der Waals surface area contributed by atoms with Crippen LogP contribution in [0, 0.1) is 0 Å². The molecule has 17 heavy (non-hydrogen) atoms. The van der Waals surface area contributed by atoms with E-state index in [2.05, 4.69) is 49.9 Å². The minimum atomic E-state index is 0.368. The predicted molar refractivity (Wildman–Crippen MR) is 73.1 cm³/mol. The van der Waals surface area contributed by atoms with Gasteiger partial charge in [-0.2, -0.15) is 0 Å². The second-order valence-electron chi connectivity index (χ2n) is 5.54. The fourth-order valence-corrected chi connectivity index (χ4v) is 2.54. The van der Waals surface area contributed by atoms with E-state index in [0.717, 1.165) is 19.5 Å². The van der Waals surface area contributed by atoms with Crippen LogP contribution in [0.5, 0.6) is 0 Å². The smallest absolute Gasteiger partial charge is 0.0320 e. The van der Waals surface area contributed by atoms with Crippen molar-refractivity contribution in [3.8, 4) is 0 Å². The van der Waals surface area contributed by atoms with Crippen LogP contribution in [0.3, 0.4) is 0 Å². The van der Waals surface area contributed by atoms with Crippen molar-refractivity contribution in [1.29, 1.82) is 0 Å². The lowest BCUT2D eigenvalue weighted by Gasteiger charge is -2.24. The summed E-state index contributed by atoms with van der Waals surface area (Å²) in [5, 5.41) is 0. The molecule has 1 aromatic carbocycles. The van der Waals surface area contributed by atoms with E-state index in [4.69, 9.17) is 5.73 Å². The lowest BCUT2D eigenvalue weighted by molar-refractivity contribution is 0.260. The third kappa shape index (κ3) is 2.88. The zero-order chi connectivity index (χ0) is 12.4. The first kappa shape index (κ1) is 12.6. The zero-order valence-electron chi connectivity index (χ0n) is 11.2. The van der Waals surface area contributed by atoms with Crippen molar-refractivity contribution in [2.24, 2.45) is 5.73 Å². The van der Waals surface area contributed by atoms with Gasteiger partial charge in [0.15, 0.2) is 0 Å². The molecule has 2 heteroatoms. The second kappa shape index (κ2) is 5.19. The highest BCUT2D eigenvalue weighted by atomic mass is 15.2. The summed E-state index contributed by atoms with van der Waals surface area (Å²) >= 11 is 0. The highest BCUT2D eigenvalue weighted by Crippen LogP contribution is 2.25. The molecule has 0 radical (unpaired) electrons. The van der Waals surface area contributed by atoms with Gasteiger partial charge < -0.3 is 5.73 Å². The lowest BCUT2D eigenvalue weighted by atomic mass is 9.99. The molecule has 0 saturated carbocycles. The maximum Gasteiger partial charge on any atom is 0.0320 e. The highest BCUT2D eigenvalue weighted by Gasteiger charge is 2.24. The van der Waals surface area contributed by atoms with E-state index in [1.807, 2.05) is 0 Å². The molecule has 0 bridgehead atoms. The Kier molecular flexibility index (Phi) is 3.85. The molecule has 2 rings (SSSR count). The number of likely N-dealkylation sites (tertiary alicyclic amines) is 1. The molecule has 1 saturated heterocycles. The summed E-state index contributed by atoms with van der Waals surface area (Å²) in [6.45, 7) is 8.92. The third-order valence-electron chi connectivity index (χ3n) is 3.89. The van der Waals surface area contributed by atoms with Crippen LogP contribution >= 0.6 is 0 Å². The van der Waals surface area contributed by atoms with Gasteiger partial charge >= 0.3 is 0 Å². The standard InChI is InChI=1S/C15H24N2/c1-11(2)13-4-6-14(7-5-13)12(3)17-9-8-15(16)10-17/h4-7,11-12,15H,8-10,16H2,1-3H3. The van der Waals surface area contributed by atoms with Crippen LogP contribution in [0.15, 0.2) is 24.3 Å². The molecule has 2 atom stereocenters. The molecule has 1 heterocycles. The van der Waals surface area contributed by atoms with Crippen molar-refractivity contribution in [3.63, 3.8) is 0 Å². The average Bonchev–Trinajstić information content (AvgIpc) is 2.75. The minimum Gasteiger partial charge on any atom is -0.326 e. The van der Waals surface area contributed by atoms with E-state index in [-0.39, 0.29) is 0 Å². The molecule has 0 amide bonds. The van der Waals surface area contributed by atoms with Gasteiger partial charge in [-0.15, -0.1) is 0 Å². The summed E-state index contributed by atoms with van der Waals surface area (Å²) in [7, 11) is 0. The Morgan fingerprint density at radius 3 is 2.18 bits per heavy atom. The van der Waals surface area contributed by atoms with E-state index in [1.54, 1.807) is 0 Å². The Bertz CT molecular complexity index is 356. The minimum absolute atomic E-state index is 0.368. The van der Waals surface area contributed by atoms with Crippen molar-refractivity contribution in [2.45, 2.75) is 45.2 Å². The molecule has 2 unspecified atom stereocenters. The van der Waals surface area contributed by atoms with E-state index < -0.39 is 0 Å². The molecule has 0 aromatic heterocycles. The summed E-state index contributed by atoms with van der Waals surface area (Å²) in [4.78, 5) is 2.48. The Hall–Kier alpha value is -0.860. The van der Waals surface area contributed by atoms with Crippen LogP contribution in [-0.2, 0) is 0 Å². The summed E-state index contributed by atoms with van der Waals surface area (Å²) in [6, 6.07) is 9.91. The predicted octanol–water partition coefficient (Wildman–Crippen LogP) is 2.90. The molecule has 0 aliphatic carbocycles. The van der Waals surface area contributed by atoms with Crippen molar-refractivity contribution in [2.75, 3.05) is 13.1 Å². The van der Waals surface area contributed by atoms with Crippen LogP contribution in [-0.4, -0.2) is 24.0 Å². The van der Waals surface area contributed by atoms with E-state index >= 15 is 0 Å². The normalized spacial score (nSPS) is 23.2. The molecule has 1 aliphatic heterocycles. The van der Waals surface area contributed by atoms with Gasteiger partial charge in [-0.3, -0.25) is 4.90 Å². The summed E-state index contributed by atoms with van der Waals surface area (Å²) in [5.74, 6) is 0.611. The fourth-order valence-electron chi connectivity index (χ4n) is 2.54. The van der Waals surface area contributed by atoms with E-state index in [1.165, 1.54) is 11.1 Å². The first-order valence-electron chi connectivity index (χ1n) is 6.67. The highest BCUT2D eigenvalue weighted by molar-refractivity contribution is 5.26. The van der Waals surface area contributed by atoms with Gasteiger partial charge in [0.25, 0.3) is 0 Å². The monoisotopic (exact) mass is 232 g/mol. The molecule has 1 fully saturated rings. The number of nitrogens with two attached hydrogens (primary N) is 1. The van der Waals surface area contributed by atoms with Crippen LogP contribution < -0.4 is 5.73 Å². The molecule has 0 spiro atoms. The molecular formula is C15H24N2. The van der Waals surface area contributed by atoms with Crippen LogP contribution in [0.2, 0.25) is 0 Å². The Morgan fingerprint density at radius 2 is 1.71 bits per heavy atom. The average molecular weight is 232 g/mol. The molecule has 94 valence electrons. The molecule has 2 N–H and O–H groups in total. The Morgan fingerprint density at radius 1 is 1.12 bits per heavy atom. The van der Waals surface area contributed by atoms with Crippen molar-refractivity contribution in [1.82, 2.24) is 4.90 Å². The maximum atomic E-state index is 5.96. The van der Waals surface area contributed by atoms with E-state index in [0.29, 0.717) is 18.0 Å². The quantitative estimate of drug-likeness (QED) is 0.868. The second-order valence-corrected chi connectivity index (χ2v) is 5.54. The number of hydrogen-bond acceptors (Lipinski definition) is 2. The first-order chi connectivity index (χ1) is 8.08. The maximum absolute atomic E-state index is 5.96. The van der Waals surface area contributed by atoms with Crippen molar-refractivity contribution < 1.29 is 0 Å². The van der Waals surface area contributed by atoms with Crippen molar-refractivity contribution in [3.05, 3.63) is 35.4 Å². The summed E-state index contributed by atoms with van der Waals surface area (Å²) in [6.07, 6.45) is 1.13. The zero-order valence-corrected chi connectivity index (χ0v) is 11.2. The third-order valence-corrected chi connectivity index (χ3v) is 3.89. The Balaban J connectivity index is 2.06. The number of benzene rings is 1. The SMILES string of the molecule is CC(C)c1ccc(C(C)N2CCC(N)C2)cc1. The molecule has 2 nitrogen and oxygen atoms in total. The van der Waals surface area contributed by atoms with Crippen LogP contribution in [0.4, 0.5) is 0 Å². The van der Waals surface area contributed by atoms with Crippen LogP contribution in [0.25, 0.3) is 0 Å². The van der Waals surface area contributed by atoms with Gasteiger partial charge in [-0.05, 0) is 30.4 Å². The fraction of sp³-hybridized carbons (Fsp3) is 0.600. The van der Waals surface area contributed by atoms with Gasteiger partial charge in [0, 0.05) is 25.2 Å². The van der Waals surface area contributed by atoms with Crippen LogP contribution in [0.1, 0.15) is 50.3 Å². The van der Waals surface area contributed by atoms with Gasteiger partial charge in [-0.1, -0.05) is 38.1 Å². The molecule has 1 aliphatic rings. The summed E-state index contributed by atoms with van der Waals surface area (Å²) < 4.78 is 0. The molecule has 1 aromatic rings. The number of nitrogens with zero attached hydrogens (tertiary/aromatic N) is 1. The number of hydrogen-bond donors (Lipinski definition) is 1. The van der Waals surface area contributed by atoms with Gasteiger partial charge in [0.2, 0.25) is 0 Å². The lowest BCUT2D eigenvalue weighted by Crippen LogP contribution is -2.28. The molecular weight excluding hydrogens is 208 g/mol. The summed E-state index contributed by atoms with van der Waals surface area (Å²) in [5.41, 5.74) is 8.79. The topological polar surface area (TPSA) is 29.3 Å². The largest absolute Gasteiger partial charge is 0.326 e. The van der Waals surface area contributed by atoms with Gasteiger partial charge in [-0.25, -0.2) is 0 Å². The van der Waals surface area contributed by atoms with Crippen molar-refractivity contribution >= 4 is 0 Å². The first-order valence-corrected chi connectivity index (χ1v) is 6.67. The van der Waals surface area contributed by atoms with E-state index in [9.17, 15) is 0 Å². The van der Waals surface area contributed by atoms with Gasteiger partial charge in [0.05, 0.1) is 0 Å². The Labute approximate surface area is 105 Å². The van der Waals surface area contributed by atoms with Gasteiger partial charge in [0.1, 0.15) is 0 Å².